The van der Waals surface area contributed by atoms with Gasteiger partial charge in [-0.2, -0.15) is 0 Å². The van der Waals surface area contributed by atoms with Gasteiger partial charge in [0.2, 0.25) is 0 Å². The fourth-order valence-electron chi connectivity index (χ4n) is 2.14. The molecule has 0 saturated heterocycles. The van der Waals surface area contributed by atoms with Crippen LogP contribution in [0.25, 0.3) is 0 Å². The normalized spacial score (nSPS) is 12.8. The van der Waals surface area contributed by atoms with Gasteiger partial charge in [0, 0.05) is 6.61 Å². The zero-order valence-electron chi connectivity index (χ0n) is 12.8. The van der Waals surface area contributed by atoms with Crippen LogP contribution in [0.3, 0.4) is 0 Å². The highest BCUT2D eigenvalue weighted by atomic mass is 16.5. The van der Waals surface area contributed by atoms with Crippen LogP contribution in [-0.2, 0) is 4.74 Å². The van der Waals surface area contributed by atoms with Crippen molar-refractivity contribution in [1.29, 1.82) is 0 Å². The summed E-state index contributed by atoms with van der Waals surface area (Å²) < 4.78 is 5.26. The van der Waals surface area contributed by atoms with E-state index in [2.05, 4.69) is 6.92 Å². The molecule has 0 rings (SSSR count). The second kappa shape index (κ2) is 15.9. The lowest BCUT2D eigenvalue weighted by atomic mass is 10.1. The van der Waals surface area contributed by atoms with Gasteiger partial charge in [0.15, 0.2) is 0 Å². The third kappa shape index (κ3) is 15.8. The summed E-state index contributed by atoms with van der Waals surface area (Å²) in [6.45, 7) is 3.01. The predicted molar refractivity (Wildman–Crippen MR) is 80.4 cm³/mol. The van der Waals surface area contributed by atoms with E-state index in [4.69, 9.17) is 14.9 Å². The molecule has 0 aliphatic heterocycles. The minimum Gasteiger partial charge on any atom is -0.394 e. The maximum absolute atomic E-state index is 9.06. The van der Waals surface area contributed by atoms with Crippen LogP contribution in [0.15, 0.2) is 0 Å². The minimum absolute atomic E-state index is 0.210. The molecule has 0 amide bonds. The van der Waals surface area contributed by atoms with Gasteiger partial charge < -0.3 is 14.9 Å². The molecule has 0 saturated carbocycles. The van der Waals surface area contributed by atoms with Crippen molar-refractivity contribution in [2.45, 2.75) is 83.7 Å². The van der Waals surface area contributed by atoms with Crippen LogP contribution in [0, 0.1) is 0 Å². The Morgan fingerprint density at radius 2 is 1.26 bits per heavy atom. The summed E-state index contributed by atoms with van der Waals surface area (Å²) in [7, 11) is 0. The highest BCUT2D eigenvalue weighted by Crippen LogP contribution is 2.11. The maximum atomic E-state index is 9.06. The van der Waals surface area contributed by atoms with Crippen molar-refractivity contribution in [3.63, 3.8) is 0 Å². The first-order chi connectivity index (χ1) is 9.31. The van der Waals surface area contributed by atoms with Crippen LogP contribution in [-0.4, -0.2) is 36.1 Å². The average Bonchev–Trinajstić information content (AvgIpc) is 2.43. The number of hydrogen-bond donors (Lipinski definition) is 2. The van der Waals surface area contributed by atoms with Crippen LogP contribution in [0.1, 0.15) is 77.6 Å². The number of unbranched alkanes of at least 4 members (excludes halogenated alkanes) is 10. The molecular weight excluding hydrogens is 240 g/mol. The zero-order chi connectivity index (χ0) is 14.2. The fraction of sp³-hybridized carbons (Fsp3) is 1.00. The molecule has 3 nitrogen and oxygen atoms in total. The standard InChI is InChI=1S/C16H34O3/c1-2-3-4-5-6-7-8-9-10-11-12-13-19-15-16(18)14-17/h16-18H,2-15H2,1H3/t16-/m0/s1. The summed E-state index contributed by atoms with van der Waals surface area (Å²) in [5.41, 5.74) is 0. The molecule has 0 aliphatic carbocycles. The summed E-state index contributed by atoms with van der Waals surface area (Å²) in [6, 6.07) is 0. The first-order valence-corrected chi connectivity index (χ1v) is 8.18. The quantitative estimate of drug-likeness (QED) is 0.448. The van der Waals surface area contributed by atoms with Gasteiger partial charge in [0.25, 0.3) is 0 Å². The van der Waals surface area contributed by atoms with E-state index in [1.54, 1.807) is 0 Å². The van der Waals surface area contributed by atoms with Crippen molar-refractivity contribution in [2.24, 2.45) is 0 Å². The van der Waals surface area contributed by atoms with Gasteiger partial charge in [-0.05, 0) is 6.42 Å². The Labute approximate surface area is 119 Å². The number of rotatable bonds is 15. The Morgan fingerprint density at radius 1 is 0.789 bits per heavy atom. The Bertz CT molecular complexity index is 162. The Morgan fingerprint density at radius 3 is 1.74 bits per heavy atom. The van der Waals surface area contributed by atoms with Crippen LogP contribution in [0.2, 0.25) is 0 Å². The third-order valence-corrected chi connectivity index (χ3v) is 3.41. The number of ether oxygens (including phenoxy) is 1. The largest absolute Gasteiger partial charge is 0.394 e. The summed E-state index contributed by atoms with van der Waals surface area (Å²) in [4.78, 5) is 0. The lowest BCUT2D eigenvalue weighted by molar-refractivity contribution is 0.00526. The van der Waals surface area contributed by atoms with E-state index in [0.29, 0.717) is 6.61 Å². The molecule has 0 fully saturated rings. The van der Waals surface area contributed by atoms with Crippen molar-refractivity contribution < 1.29 is 14.9 Å². The monoisotopic (exact) mass is 274 g/mol. The van der Waals surface area contributed by atoms with E-state index in [-0.39, 0.29) is 13.2 Å². The van der Waals surface area contributed by atoms with Crippen LogP contribution in [0.5, 0.6) is 0 Å². The van der Waals surface area contributed by atoms with E-state index in [0.717, 1.165) is 6.42 Å². The molecule has 0 heterocycles. The van der Waals surface area contributed by atoms with E-state index < -0.39 is 6.10 Å². The van der Waals surface area contributed by atoms with Crippen LogP contribution >= 0.6 is 0 Å². The van der Waals surface area contributed by atoms with Gasteiger partial charge in [-0.3, -0.25) is 0 Å². The topological polar surface area (TPSA) is 49.7 Å². The van der Waals surface area contributed by atoms with E-state index in [1.165, 1.54) is 64.2 Å². The first kappa shape index (κ1) is 18.9. The summed E-state index contributed by atoms with van der Waals surface area (Å²) in [5.74, 6) is 0. The Kier molecular flexibility index (Phi) is 15.8. The molecule has 0 aromatic heterocycles. The molecule has 0 aliphatic rings. The first-order valence-electron chi connectivity index (χ1n) is 8.18. The Hall–Kier alpha value is -0.120. The predicted octanol–water partition coefficient (Wildman–Crippen LogP) is 3.67. The number of aliphatic hydroxyl groups is 2. The molecule has 3 heteroatoms. The van der Waals surface area contributed by atoms with Gasteiger partial charge in [-0.25, -0.2) is 0 Å². The van der Waals surface area contributed by atoms with Crippen molar-refractivity contribution in [1.82, 2.24) is 0 Å². The molecule has 2 N–H and O–H groups in total. The van der Waals surface area contributed by atoms with Gasteiger partial charge in [0.1, 0.15) is 6.10 Å². The van der Waals surface area contributed by atoms with Gasteiger partial charge in [0.05, 0.1) is 13.2 Å². The van der Waals surface area contributed by atoms with Crippen molar-refractivity contribution >= 4 is 0 Å². The van der Waals surface area contributed by atoms with E-state index in [1.807, 2.05) is 0 Å². The molecule has 19 heavy (non-hydrogen) atoms. The lowest BCUT2D eigenvalue weighted by Crippen LogP contribution is -2.19. The molecule has 0 aromatic carbocycles. The summed E-state index contributed by atoms with van der Waals surface area (Å²) in [5, 5.41) is 17.7. The molecule has 0 spiro atoms. The molecular formula is C16H34O3. The third-order valence-electron chi connectivity index (χ3n) is 3.41. The summed E-state index contributed by atoms with van der Waals surface area (Å²) >= 11 is 0. The minimum atomic E-state index is -0.715. The second-order valence-corrected chi connectivity index (χ2v) is 5.45. The molecule has 0 bridgehead atoms. The van der Waals surface area contributed by atoms with Crippen LogP contribution < -0.4 is 0 Å². The van der Waals surface area contributed by atoms with Gasteiger partial charge in [-0.1, -0.05) is 71.1 Å². The zero-order valence-corrected chi connectivity index (χ0v) is 12.8. The molecule has 0 unspecified atom stereocenters. The number of hydrogen-bond acceptors (Lipinski definition) is 3. The lowest BCUT2D eigenvalue weighted by Gasteiger charge is -2.07. The molecule has 0 aromatic rings. The highest BCUT2D eigenvalue weighted by molar-refractivity contribution is 4.50. The molecule has 0 radical (unpaired) electrons. The van der Waals surface area contributed by atoms with Crippen molar-refractivity contribution in [3.8, 4) is 0 Å². The van der Waals surface area contributed by atoms with E-state index in [9.17, 15) is 0 Å². The summed E-state index contributed by atoms with van der Waals surface area (Å²) in [6.07, 6.45) is 13.9. The van der Waals surface area contributed by atoms with Gasteiger partial charge >= 0.3 is 0 Å². The van der Waals surface area contributed by atoms with Crippen LogP contribution in [0.4, 0.5) is 0 Å². The smallest absolute Gasteiger partial charge is 0.100 e. The second-order valence-electron chi connectivity index (χ2n) is 5.45. The SMILES string of the molecule is CCCCCCCCCCCCCOC[C@@H](O)CO. The fourth-order valence-corrected chi connectivity index (χ4v) is 2.14. The molecule has 116 valence electrons. The Balaban J connectivity index is 2.95. The highest BCUT2D eigenvalue weighted by Gasteiger charge is 2.00. The van der Waals surface area contributed by atoms with E-state index >= 15 is 0 Å². The van der Waals surface area contributed by atoms with Crippen molar-refractivity contribution in [2.75, 3.05) is 19.8 Å². The van der Waals surface area contributed by atoms with Gasteiger partial charge in [-0.15, -0.1) is 0 Å². The number of aliphatic hydroxyl groups excluding tert-OH is 2. The molecule has 1 atom stereocenters. The maximum Gasteiger partial charge on any atom is 0.100 e. The average molecular weight is 274 g/mol. The van der Waals surface area contributed by atoms with Crippen molar-refractivity contribution in [3.05, 3.63) is 0 Å².